The maximum atomic E-state index is 13.2. The molecule has 30 nitrogen and oxygen atoms in total. The summed E-state index contributed by atoms with van der Waals surface area (Å²) >= 11 is 0. The number of carbonyl (C=O) groups is 4. The summed E-state index contributed by atoms with van der Waals surface area (Å²) in [5, 5.41) is 8.93. The number of nitrogens with one attached hydrogen (secondary N) is 3. The Labute approximate surface area is 694 Å². The van der Waals surface area contributed by atoms with E-state index in [4.69, 9.17) is 27.1 Å². The number of aryl methyl sites for hydroxylation is 5. The highest BCUT2D eigenvalue weighted by atomic mass is 16.5. The van der Waals surface area contributed by atoms with Crippen LogP contribution in [0, 0.1) is 34.6 Å². The van der Waals surface area contributed by atoms with Crippen LogP contribution < -0.4 is 16.0 Å². The molecule has 4 aliphatic heterocycles. The molecule has 0 saturated carbocycles. The van der Waals surface area contributed by atoms with Crippen LogP contribution in [-0.4, -0.2) is 217 Å². The summed E-state index contributed by atoms with van der Waals surface area (Å²) in [6.45, 7) is 23.4. The van der Waals surface area contributed by atoms with Crippen molar-refractivity contribution >= 4 is 96.3 Å². The fourth-order valence-electron chi connectivity index (χ4n) is 15.9. The highest BCUT2D eigenvalue weighted by molar-refractivity contribution is 6.03. The van der Waals surface area contributed by atoms with Crippen molar-refractivity contribution in [3.05, 3.63) is 241 Å². The van der Waals surface area contributed by atoms with Crippen LogP contribution in [0.4, 0.5) is 5.69 Å². The minimum atomic E-state index is -0.247. The minimum absolute atomic E-state index is 0.0248. The van der Waals surface area contributed by atoms with Crippen LogP contribution in [0.1, 0.15) is 96.9 Å². The number of carbonyl (C=O) groups excluding carboxylic acids is 4. The lowest BCUT2D eigenvalue weighted by Crippen LogP contribution is -2.62. The first kappa shape index (κ1) is 78.5. The normalized spacial score (nSPS) is 14.8. The van der Waals surface area contributed by atoms with Crippen molar-refractivity contribution in [2.75, 3.05) is 110 Å². The summed E-state index contributed by atoms with van der Waals surface area (Å²) in [7, 11) is 0. The largest absolute Gasteiger partial charge is 0.441 e. The van der Waals surface area contributed by atoms with Crippen LogP contribution in [-0.2, 0) is 9.47 Å². The molecule has 4 aliphatic rings. The third kappa shape index (κ3) is 17.5. The van der Waals surface area contributed by atoms with Crippen LogP contribution in [0.15, 0.2) is 207 Å². The highest BCUT2D eigenvalue weighted by Crippen LogP contribution is 2.32. The molecule has 0 bridgehead atoms. The number of imidazole rings is 4. The smallest absolute Gasteiger partial charge is 0.274 e. The fraction of sp³-hybridized carbons (Fsp3) is 0.286. The van der Waals surface area contributed by atoms with E-state index in [1.54, 1.807) is 35.4 Å². The Kier molecular flexibility index (Phi) is 22.5. The van der Waals surface area contributed by atoms with Crippen LogP contribution in [0.25, 0.3) is 111 Å². The molecule has 0 unspecified atom stereocenters. The van der Waals surface area contributed by atoms with Gasteiger partial charge in [0.2, 0.25) is 0 Å². The Balaban J connectivity index is 0.000000110. The summed E-state index contributed by atoms with van der Waals surface area (Å²) in [5.74, 6) is 2.14. The third-order valence-electron chi connectivity index (χ3n) is 22.3. The van der Waals surface area contributed by atoms with Gasteiger partial charge in [0, 0.05) is 117 Å². The van der Waals surface area contributed by atoms with E-state index in [0.717, 1.165) is 203 Å². The second-order valence-electron chi connectivity index (χ2n) is 30.7. The van der Waals surface area contributed by atoms with Gasteiger partial charge in [-0.15, -0.1) is 0 Å². The summed E-state index contributed by atoms with van der Waals surface area (Å²) < 4.78 is 40.4. The first-order valence-corrected chi connectivity index (χ1v) is 40.9. The van der Waals surface area contributed by atoms with Crippen LogP contribution in [0.5, 0.6) is 0 Å². The van der Waals surface area contributed by atoms with Crippen molar-refractivity contribution in [3.63, 3.8) is 0 Å². The predicted octanol–water partition coefficient (Wildman–Crippen LogP) is 13.6. The maximum Gasteiger partial charge on any atom is 0.274 e. The Morgan fingerprint density at radius 1 is 0.380 bits per heavy atom. The molecule has 3 N–H and O–H groups in total. The van der Waals surface area contributed by atoms with E-state index < -0.39 is 0 Å². The van der Waals surface area contributed by atoms with Gasteiger partial charge in [0.05, 0.1) is 63.1 Å². The van der Waals surface area contributed by atoms with Gasteiger partial charge < -0.3 is 52.9 Å². The fourth-order valence-corrected chi connectivity index (χ4v) is 15.9. The van der Waals surface area contributed by atoms with Gasteiger partial charge in [-0.05, 0) is 212 Å². The van der Waals surface area contributed by atoms with E-state index >= 15 is 0 Å². The monoisotopic (exact) mass is 1620 g/mol. The number of pyridine rings is 5. The number of aromatic nitrogens is 13. The van der Waals surface area contributed by atoms with Crippen LogP contribution >= 0.6 is 0 Å². The average molecular weight is 1620 g/mol. The molecule has 17 heterocycles. The summed E-state index contributed by atoms with van der Waals surface area (Å²) in [6.07, 6.45) is 20.4. The molecule has 4 aromatic carbocycles. The number of hydrogen-bond acceptors (Lipinski definition) is 22. The molecule has 121 heavy (non-hydrogen) atoms. The topological polar surface area (TPSA) is 322 Å². The molecule has 13 aromatic heterocycles. The Bertz CT molecular complexity index is 6660. The molecule has 4 amide bonds. The lowest BCUT2D eigenvalue weighted by Gasteiger charge is -2.46. The number of fused-ring (bicyclic) bond motifs is 8. The van der Waals surface area contributed by atoms with Crippen LogP contribution in [0.3, 0.4) is 0 Å². The molecule has 17 aromatic rings. The summed E-state index contributed by atoms with van der Waals surface area (Å²) in [5.41, 5.74) is 20.9. The number of oxazole rings is 4. The van der Waals surface area contributed by atoms with E-state index in [-0.39, 0.29) is 23.6 Å². The van der Waals surface area contributed by atoms with Gasteiger partial charge in [-0.2, -0.15) is 0 Å². The average Bonchev–Trinajstić information content (AvgIpc) is 1.71. The van der Waals surface area contributed by atoms with E-state index in [9.17, 15) is 19.2 Å². The van der Waals surface area contributed by atoms with Gasteiger partial charge in [-0.25, -0.2) is 39.9 Å². The van der Waals surface area contributed by atoms with Gasteiger partial charge in [0.1, 0.15) is 67.4 Å². The Hall–Kier alpha value is -13.7. The van der Waals surface area contributed by atoms with Gasteiger partial charge in [-0.1, -0.05) is 24.3 Å². The predicted molar refractivity (Wildman–Crippen MR) is 458 cm³/mol. The quantitative estimate of drug-likeness (QED) is 0.0672. The van der Waals surface area contributed by atoms with E-state index in [1.807, 2.05) is 211 Å². The Morgan fingerprint density at radius 2 is 0.736 bits per heavy atom. The highest BCUT2D eigenvalue weighted by Gasteiger charge is 2.37. The van der Waals surface area contributed by atoms with E-state index in [1.165, 1.54) is 25.9 Å². The molecule has 614 valence electrons. The number of anilines is 1. The number of rotatable bonds is 18. The lowest BCUT2D eigenvalue weighted by atomic mass is 10.1. The summed E-state index contributed by atoms with van der Waals surface area (Å²) in [4.78, 5) is 100.0. The van der Waals surface area contributed by atoms with Gasteiger partial charge in [0.15, 0.2) is 45.9 Å². The van der Waals surface area contributed by atoms with Gasteiger partial charge >= 0.3 is 0 Å². The number of amides is 4. The van der Waals surface area contributed by atoms with Crippen LogP contribution in [0.2, 0.25) is 0 Å². The number of hydrogen-bond donors (Lipinski definition) is 3. The minimum Gasteiger partial charge on any atom is -0.441 e. The van der Waals surface area contributed by atoms with Gasteiger partial charge in [-0.3, -0.25) is 51.6 Å². The maximum absolute atomic E-state index is 13.2. The first-order chi connectivity index (χ1) is 59.1. The molecule has 4 fully saturated rings. The number of likely N-dealkylation sites (tertiary alicyclic amines) is 2. The molecule has 30 heteroatoms. The number of benzene rings is 4. The van der Waals surface area contributed by atoms with E-state index in [2.05, 4.69) is 75.5 Å². The van der Waals surface area contributed by atoms with Crippen molar-refractivity contribution in [3.8, 4) is 44.5 Å². The summed E-state index contributed by atoms with van der Waals surface area (Å²) in [6, 6.07) is 43.4. The molecule has 0 aliphatic carbocycles. The number of nitrogens with zero attached hydrogens (tertiary/aromatic N) is 17. The molecule has 0 atom stereocenters. The zero-order valence-electron chi connectivity index (χ0n) is 67.8. The molecule has 0 spiro atoms. The van der Waals surface area contributed by atoms with Crippen molar-refractivity contribution in [2.45, 2.75) is 66.3 Å². The molecule has 0 radical (unpaired) electrons. The van der Waals surface area contributed by atoms with Crippen molar-refractivity contribution in [1.29, 1.82) is 0 Å². The SMILES string of the molecule is Cc1ccc(NC(=O)c2cnc3ccc(-c4ccc5oc(C)nc5c4)cn23)cn1.Cc1nc2cc(-c3ccc4ncc(C(=O)N5CC(N6CCOCC6)C5)n4c3)ccc2o1.Cc1nc2cc(-c3ccc4ncc(C(=O)NCCCN5CCCC5)n4c3)ccc2o1.Cc1nc2cc(-c3ccc4ncc(C(=O)NCCCN5CCOCC5)n4c3)ccc2o1. The zero-order valence-corrected chi connectivity index (χ0v) is 67.8. The zero-order chi connectivity index (χ0) is 82.6. The lowest BCUT2D eigenvalue weighted by molar-refractivity contribution is -0.0258. The van der Waals surface area contributed by atoms with Crippen molar-refractivity contribution < 1.29 is 46.3 Å². The van der Waals surface area contributed by atoms with E-state index in [0.29, 0.717) is 76.8 Å². The second kappa shape index (κ2) is 34.7. The third-order valence-corrected chi connectivity index (χ3v) is 22.3. The van der Waals surface area contributed by atoms with Crippen molar-refractivity contribution in [2.24, 2.45) is 0 Å². The van der Waals surface area contributed by atoms with Crippen molar-refractivity contribution in [1.82, 2.24) is 92.7 Å². The standard InChI is InChI=1S/C23H23N5O3.C23H25N5O3.C23H25N5O2.C22H17N5O2/c1-15-25-19-10-16(2-4-21(19)31-15)17-3-5-22-24-11-20(28(22)12-17)23(29)27-13-18(14-27)26-6-8-30-9-7-26;1-16-26-19-13-17(3-5-21(19)31-16)18-4-6-22-25-14-20(28(22)15-18)23(29)24-7-2-8-27-9-11-30-12-10-27;1-16-26-19-13-17(5-7-21(19)30-16)18-6-8-22-25-14-20(28(22)15-18)23(29)24-9-4-12-27-10-2-3-11-27;1-13-3-6-17(10-23-13)26-22(28)19-11-24-21-8-5-16(12-27(19)21)15-4-7-20-18(9-15)25-14(2)29-20/h2-5,10-12,18H,6-9,13-14H2,1H3;3-6,13-15H,2,7-12H2,1H3,(H,24,29);5-8,13-15H,2-4,9-12H2,1H3,(H,24,29);3-12H,1-2H3,(H,26,28). The first-order valence-electron chi connectivity index (χ1n) is 40.9. The Morgan fingerprint density at radius 3 is 1.12 bits per heavy atom. The molecular weight excluding hydrogens is 1530 g/mol. The number of morpholine rings is 2. The molecule has 4 saturated heterocycles. The number of ether oxygens (including phenoxy) is 2. The molecule has 21 rings (SSSR count). The second-order valence-corrected chi connectivity index (χ2v) is 30.7. The molecular formula is C91H90N20O10. The van der Waals surface area contributed by atoms with Gasteiger partial charge in [0.25, 0.3) is 23.6 Å².